The maximum Gasteiger partial charge on any atom is 0.255 e. The summed E-state index contributed by atoms with van der Waals surface area (Å²) in [6.45, 7) is 0. The molecule has 6 nitrogen and oxygen atoms in total. The molecule has 0 radical (unpaired) electrons. The Morgan fingerprint density at radius 1 is 1.33 bits per heavy atom. The van der Waals surface area contributed by atoms with Gasteiger partial charge in [-0.25, -0.2) is 13.4 Å². The third-order valence-corrected chi connectivity index (χ3v) is 2.75. The molecular weight excluding hydrogens is 218 g/mol. The molecule has 2 rings (SSSR count). The molecule has 1 aromatic rings. The third-order valence-electron chi connectivity index (χ3n) is 1.72. The van der Waals surface area contributed by atoms with E-state index in [9.17, 15) is 13.2 Å². The number of hydrogen-bond donors (Lipinski definition) is 2. The van der Waals surface area contributed by atoms with Gasteiger partial charge in [-0.05, 0) is 6.08 Å². The van der Waals surface area contributed by atoms with Crippen molar-refractivity contribution in [2.45, 2.75) is 0 Å². The molecule has 78 valence electrons. The molecule has 15 heavy (non-hydrogen) atoms. The SMILES string of the molecule is O=c1ccnc(C2=CS(=O)(=O)NC=C2)[nH]1. The first-order chi connectivity index (χ1) is 7.07. The van der Waals surface area contributed by atoms with Crippen LogP contribution in [-0.4, -0.2) is 18.4 Å². The predicted octanol–water partition coefficient (Wildman–Crippen LogP) is -0.443. The van der Waals surface area contributed by atoms with E-state index in [4.69, 9.17) is 0 Å². The summed E-state index contributed by atoms with van der Waals surface area (Å²) in [7, 11) is -3.45. The fourth-order valence-electron chi connectivity index (χ4n) is 1.11. The van der Waals surface area contributed by atoms with Crippen LogP contribution in [0.25, 0.3) is 5.57 Å². The average molecular weight is 225 g/mol. The van der Waals surface area contributed by atoms with Crippen molar-refractivity contribution >= 4 is 15.6 Å². The van der Waals surface area contributed by atoms with Crippen molar-refractivity contribution in [3.63, 3.8) is 0 Å². The van der Waals surface area contributed by atoms with Gasteiger partial charge in [0.15, 0.2) is 0 Å². The molecule has 1 aromatic heterocycles. The van der Waals surface area contributed by atoms with Crippen LogP contribution in [0.4, 0.5) is 0 Å². The topological polar surface area (TPSA) is 91.9 Å². The van der Waals surface area contributed by atoms with E-state index in [1.807, 2.05) is 0 Å². The van der Waals surface area contributed by atoms with Crippen LogP contribution in [0, 0.1) is 0 Å². The van der Waals surface area contributed by atoms with Gasteiger partial charge in [0.1, 0.15) is 5.82 Å². The second-order valence-electron chi connectivity index (χ2n) is 2.85. The van der Waals surface area contributed by atoms with Crippen LogP contribution < -0.4 is 10.3 Å². The monoisotopic (exact) mass is 225 g/mol. The van der Waals surface area contributed by atoms with Crippen LogP contribution >= 0.6 is 0 Å². The zero-order chi connectivity index (χ0) is 10.9. The van der Waals surface area contributed by atoms with Crippen molar-refractivity contribution in [1.29, 1.82) is 0 Å². The molecule has 1 aliphatic heterocycles. The summed E-state index contributed by atoms with van der Waals surface area (Å²) in [5.41, 5.74) is 0.0108. The highest BCUT2D eigenvalue weighted by Crippen LogP contribution is 2.14. The Hall–Kier alpha value is -1.89. The van der Waals surface area contributed by atoms with Crippen LogP contribution in [0.15, 0.2) is 34.7 Å². The molecule has 1 aliphatic rings. The van der Waals surface area contributed by atoms with E-state index >= 15 is 0 Å². The summed E-state index contributed by atoms with van der Waals surface area (Å²) in [6.07, 6.45) is 4.11. The number of hydrogen-bond acceptors (Lipinski definition) is 4. The predicted molar refractivity (Wildman–Crippen MR) is 54.0 cm³/mol. The molecule has 7 heteroatoms. The van der Waals surface area contributed by atoms with Crippen LogP contribution in [0.5, 0.6) is 0 Å². The van der Waals surface area contributed by atoms with E-state index in [1.165, 1.54) is 24.5 Å². The highest BCUT2D eigenvalue weighted by Gasteiger charge is 2.12. The van der Waals surface area contributed by atoms with Gasteiger partial charge in [0, 0.05) is 24.0 Å². The Bertz CT molecular complexity index is 598. The van der Waals surface area contributed by atoms with Gasteiger partial charge in [0.25, 0.3) is 15.6 Å². The summed E-state index contributed by atoms with van der Waals surface area (Å²) >= 11 is 0. The van der Waals surface area contributed by atoms with Crippen molar-refractivity contribution in [3.8, 4) is 0 Å². The fourth-order valence-corrected chi connectivity index (χ4v) is 1.96. The standard InChI is InChI=1S/C8H7N3O3S/c12-7-2-3-9-8(11-7)6-1-4-10-15(13,14)5-6/h1-5,10H,(H,9,11,12). The Kier molecular flexibility index (Phi) is 2.16. The van der Waals surface area contributed by atoms with Crippen molar-refractivity contribution in [2.75, 3.05) is 0 Å². The normalized spacial score (nSPS) is 18.0. The highest BCUT2D eigenvalue weighted by atomic mass is 32.2. The summed E-state index contributed by atoms with van der Waals surface area (Å²) < 4.78 is 24.5. The summed E-state index contributed by atoms with van der Waals surface area (Å²) in [4.78, 5) is 17.3. The number of rotatable bonds is 1. The molecule has 0 aromatic carbocycles. The van der Waals surface area contributed by atoms with E-state index in [1.54, 1.807) is 0 Å². The smallest absolute Gasteiger partial charge is 0.255 e. The second-order valence-corrected chi connectivity index (χ2v) is 4.41. The molecule has 0 bridgehead atoms. The minimum atomic E-state index is -3.45. The van der Waals surface area contributed by atoms with Gasteiger partial charge in [-0.15, -0.1) is 0 Å². The first-order valence-electron chi connectivity index (χ1n) is 4.03. The van der Waals surface area contributed by atoms with Gasteiger partial charge >= 0.3 is 0 Å². The summed E-state index contributed by atoms with van der Waals surface area (Å²) in [5, 5.41) is 1.01. The van der Waals surface area contributed by atoms with E-state index in [2.05, 4.69) is 14.7 Å². The lowest BCUT2D eigenvalue weighted by molar-refractivity contribution is 0.599. The molecule has 0 saturated heterocycles. The molecule has 2 heterocycles. The zero-order valence-corrected chi connectivity index (χ0v) is 8.28. The zero-order valence-electron chi connectivity index (χ0n) is 7.47. The number of aromatic nitrogens is 2. The van der Waals surface area contributed by atoms with E-state index in [0.717, 1.165) is 5.41 Å². The van der Waals surface area contributed by atoms with Crippen molar-refractivity contribution < 1.29 is 8.42 Å². The van der Waals surface area contributed by atoms with Gasteiger partial charge in [0.2, 0.25) is 0 Å². The molecule has 0 aliphatic carbocycles. The number of aromatic amines is 1. The largest absolute Gasteiger partial charge is 0.307 e. The van der Waals surface area contributed by atoms with Crippen LogP contribution in [0.1, 0.15) is 5.82 Å². The van der Waals surface area contributed by atoms with Crippen LogP contribution in [0.3, 0.4) is 0 Å². The van der Waals surface area contributed by atoms with Gasteiger partial charge in [0.05, 0.1) is 5.41 Å². The first kappa shape index (κ1) is 9.66. The lowest BCUT2D eigenvalue weighted by atomic mass is 10.3. The Morgan fingerprint density at radius 3 is 2.80 bits per heavy atom. The maximum absolute atomic E-state index is 11.2. The Balaban J connectivity index is 2.53. The van der Waals surface area contributed by atoms with Gasteiger partial charge in [-0.3, -0.25) is 9.52 Å². The molecule has 2 N–H and O–H groups in total. The van der Waals surface area contributed by atoms with Gasteiger partial charge < -0.3 is 4.98 Å². The number of sulfonamides is 1. The highest BCUT2D eigenvalue weighted by molar-refractivity contribution is 7.92. The quantitative estimate of drug-likeness (QED) is 0.677. The molecule has 0 unspecified atom stereocenters. The van der Waals surface area contributed by atoms with Gasteiger partial charge in [-0.1, -0.05) is 0 Å². The van der Waals surface area contributed by atoms with E-state index in [-0.39, 0.29) is 11.4 Å². The number of allylic oxidation sites excluding steroid dienone is 2. The second kappa shape index (κ2) is 3.35. The molecule has 0 amide bonds. The van der Waals surface area contributed by atoms with Gasteiger partial charge in [-0.2, -0.15) is 0 Å². The lowest BCUT2D eigenvalue weighted by Crippen LogP contribution is -2.18. The average Bonchev–Trinajstić information content (AvgIpc) is 2.16. The number of nitrogens with zero attached hydrogens (tertiary/aromatic N) is 1. The molecule has 0 fully saturated rings. The maximum atomic E-state index is 11.2. The first-order valence-corrected chi connectivity index (χ1v) is 5.58. The minimum absolute atomic E-state index is 0.226. The fraction of sp³-hybridized carbons (Fsp3) is 0. The molecule has 0 saturated carbocycles. The van der Waals surface area contributed by atoms with Crippen molar-refractivity contribution in [1.82, 2.24) is 14.7 Å². The number of H-pyrrole nitrogens is 1. The van der Waals surface area contributed by atoms with E-state index in [0.29, 0.717) is 5.57 Å². The van der Waals surface area contributed by atoms with Crippen molar-refractivity contribution in [2.24, 2.45) is 0 Å². The van der Waals surface area contributed by atoms with E-state index < -0.39 is 10.0 Å². The molecule has 0 spiro atoms. The summed E-state index contributed by atoms with van der Waals surface area (Å²) in [6, 6.07) is 1.25. The Labute approximate surface area is 85.4 Å². The minimum Gasteiger partial charge on any atom is -0.307 e. The Morgan fingerprint density at radius 2 is 2.13 bits per heavy atom. The van der Waals surface area contributed by atoms with Crippen molar-refractivity contribution in [3.05, 3.63) is 46.1 Å². The summed E-state index contributed by atoms with van der Waals surface area (Å²) in [5.74, 6) is 0.226. The van der Waals surface area contributed by atoms with Crippen LogP contribution in [0.2, 0.25) is 0 Å². The lowest BCUT2D eigenvalue weighted by Gasteiger charge is -2.07. The molecular formula is C8H7N3O3S. The van der Waals surface area contributed by atoms with Crippen LogP contribution in [-0.2, 0) is 10.0 Å². The number of nitrogens with one attached hydrogen (secondary N) is 2. The molecule has 0 atom stereocenters. The third kappa shape index (κ3) is 2.13.